The molecule has 0 amide bonds. The van der Waals surface area contributed by atoms with E-state index < -0.39 is 46.9 Å². The summed E-state index contributed by atoms with van der Waals surface area (Å²) >= 11 is 0. The van der Waals surface area contributed by atoms with Gasteiger partial charge in [0.25, 0.3) is 0 Å². The standard InChI is InChI=1S/C51H54O8/c1-30(2)37-22-21-31-15-17-34(18-16-31)27-36(20-19-33-13-10-14-35(26-33)25-32-11-8-7-9-12-32)28-41(53)56-46-43-40(59-51(5,6)47(46)58-48(37)54)24-23-38-42-39(52)29-50(3,4)44(42)49(55)57-45(38)43/h7-18,23-24,26,36,39,46-47,52H,19-22,25,27-29H2,1-6H3/t36-,39+,46+,47-/m0/s1. The Morgan fingerprint density at radius 3 is 2.22 bits per heavy atom. The Labute approximate surface area is 346 Å². The average Bonchev–Trinajstić information content (AvgIpc) is 3.43. The lowest BCUT2D eigenvalue weighted by Gasteiger charge is -2.43. The zero-order valence-electron chi connectivity index (χ0n) is 34.9. The van der Waals surface area contributed by atoms with Crippen molar-refractivity contribution in [3.63, 3.8) is 0 Å². The molecule has 0 saturated heterocycles. The van der Waals surface area contributed by atoms with Crippen LogP contribution in [0.4, 0.5) is 0 Å². The van der Waals surface area contributed by atoms with Gasteiger partial charge in [0, 0.05) is 33.9 Å². The van der Waals surface area contributed by atoms with Gasteiger partial charge in [-0.25, -0.2) is 9.59 Å². The summed E-state index contributed by atoms with van der Waals surface area (Å²) in [5.41, 5.74) is 6.36. The smallest absolute Gasteiger partial charge is 0.340 e. The maximum absolute atomic E-state index is 14.5. The molecule has 4 aliphatic rings. The van der Waals surface area contributed by atoms with Crippen LogP contribution in [0.3, 0.4) is 0 Å². The number of aryl methyl sites for hydroxylation is 2. The molecule has 8 heteroatoms. The van der Waals surface area contributed by atoms with Gasteiger partial charge >= 0.3 is 17.6 Å². The molecule has 3 aliphatic heterocycles. The van der Waals surface area contributed by atoms with E-state index in [1.807, 2.05) is 33.8 Å². The summed E-state index contributed by atoms with van der Waals surface area (Å²) in [6.45, 7) is 11.2. The van der Waals surface area contributed by atoms with E-state index in [2.05, 4.69) is 72.8 Å². The first kappa shape index (κ1) is 40.3. The van der Waals surface area contributed by atoms with Crippen molar-refractivity contribution in [3.05, 3.63) is 157 Å². The van der Waals surface area contributed by atoms with E-state index in [0.717, 1.165) is 36.0 Å². The van der Waals surface area contributed by atoms with Gasteiger partial charge in [0.2, 0.25) is 0 Å². The Balaban J connectivity index is 1.18. The monoisotopic (exact) mass is 794 g/mol. The number of hydrogen-bond donors (Lipinski definition) is 1. The van der Waals surface area contributed by atoms with E-state index in [0.29, 0.717) is 59.1 Å². The number of esters is 2. The molecular weight excluding hydrogens is 741 g/mol. The molecule has 0 saturated carbocycles. The minimum Gasteiger partial charge on any atom is -0.483 e. The van der Waals surface area contributed by atoms with Gasteiger partial charge in [-0.2, -0.15) is 0 Å². The number of carbonyl (C=O) groups excluding carboxylic acids is 2. The molecular formula is C51H54O8. The number of rotatable bonds is 5. The van der Waals surface area contributed by atoms with Gasteiger partial charge in [-0.1, -0.05) is 98.3 Å². The van der Waals surface area contributed by atoms with Gasteiger partial charge in [0.05, 0.1) is 11.7 Å². The highest BCUT2D eigenvalue weighted by Crippen LogP contribution is 2.51. The second-order valence-electron chi connectivity index (χ2n) is 18.2. The molecule has 0 unspecified atom stereocenters. The summed E-state index contributed by atoms with van der Waals surface area (Å²) in [5.74, 6) is -0.705. The molecule has 0 fully saturated rings. The topological polar surface area (TPSA) is 112 Å². The van der Waals surface area contributed by atoms with E-state index in [1.54, 1.807) is 26.0 Å². The van der Waals surface area contributed by atoms with Gasteiger partial charge < -0.3 is 23.7 Å². The number of aliphatic hydroxyl groups is 1. The molecule has 2 bridgehead atoms. The van der Waals surface area contributed by atoms with Crippen LogP contribution in [0, 0.1) is 5.92 Å². The van der Waals surface area contributed by atoms with Gasteiger partial charge in [-0.15, -0.1) is 0 Å². The van der Waals surface area contributed by atoms with Crippen LogP contribution in [0.15, 0.2) is 111 Å². The first-order chi connectivity index (χ1) is 28.2. The molecule has 59 heavy (non-hydrogen) atoms. The fraction of sp³-hybridized carbons (Fsp3) is 0.392. The highest BCUT2D eigenvalue weighted by molar-refractivity contribution is 5.90. The van der Waals surface area contributed by atoms with Crippen molar-refractivity contribution >= 4 is 22.9 Å². The lowest BCUT2D eigenvalue weighted by atomic mass is 9.85. The Kier molecular flexibility index (Phi) is 10.9. The molecule has 1 aromatic heterocycles. The number of aliphatic hydroxyl groups excluding tert-OH is 1. The summed E-state index contributed by atoms with van der Waals surface area (Å²) in [7, 11) is 0. The fourth-order valence-electron chi connectivity index (χ4n) is 9.49. The number of ether oxygens (including phenoxy) is 3. The van der Waals surface area contributed by atoms with Crippen molar-refractivity contribution in [2.24, 2.45) is 5.92 Å². The first-order valence-corrected chi connectivity index (χ1v) is 20.9. The largest absolute Gasteiger partial charge is 0.483 e. The summed E-state index contributed by atoms with van der Waals surface area (Å²) in [4.78, 5) is 42.6. The van der Waals surface area contributed by atoms with Crippen LogP contribution in [0.1, 0.15) is 124 Å². The molecule has 1 aliphatic carbocycles. The van der Waals surface area contributed by atoms with Crippen molar-refractivity contribution in [1.82, 2.24) is 0 Å². The molecule has 1 N–H and O–H groups in total. The molecule has 4 aromatic carbocycles. The van der Waals surface area contributed by atoms with Crippen LogP contribution in [0.5, 0.6) is 5.75 Å². The van der Waals surface area contributed by atoms with Crippen molar-refractivity contribution in [2.75, 3.05) is 0 Å². The predicted molar refractivity (Wildman–Crippen MR) is 227 cm³/mol. The van der Waals surface area contributed by atoms with Crippen molar-refractivity contribution in [1.29, 1.82) is 0 Å². The molecule has 0 radical (unpaired) electrons. The maximum atomic E-state index is 14.5. The van der Waals surface area contributed by atoms with Gasteiger partial charge in [-0.3, -0.25) is 4.79 Å². The zero-order chi connectivity index (χ0) is 41.6. The van der Waals surface area contributed by atoms with Crippen LogP contribution < -0.4 is 10.4 Å². The fourth-order valence-corrected chi connectivity index (χ4v) is 9.49. The third-order valence-corrected chi connectivity index (χ3v) is 12.5. The molecule has 0 spiro atoms. The quantitative estimate of drug-likeness (QED) is 0.106. The number of benzene rings is 4. The normalized spacial score (nSPS) is 22.5. The third-order valence-electron chi connectivity index (χ3n) is 12.5. The Bertz CT molecular complexity index is 2490. The van der Waals surface area contributed by atoms with Crippen molar-refractivity contribution in [3.8, 4) is 5.75 Å². The molecule has 5 aromatic rings. The van der Waals surface area contributed by atoms with E-state index in [-0.39, 0.29) is 17.9 Å². The molecule has 8 nitrogen and oxygen atoms in total. The summed E-state index contributed by atoms with van der Waals surface area (Å²) in [6, 6.07) is 31.1. The van der Waals surface area contributed by atoms with Crippen LogP contribution >= 0.6 is 0 Å². The van der Waals surface area contributed by atoms with E-state index in [1.165, 1.54) is 16.7 Å². The summed E-state index contributed by atoms with van der Waals surface area (Å²) in [5, 5.41) is 11.9. The van der Waals surface area contributed by atoms with Crippen LogP contribution in [0.2, 0.25) is 0 Å². The SMILES string of the molecule is CC(C)=C1CCc2ccc(cc2)C[C@H](CCc2cccc(Cc3ccccc3)c2)CC(=O)O[C@@H]2c3c(ccc4c5c(c(=O)oc34)C(C)(C)C[C@H]5O)OC(C)(C)[C@H]2OC1=O. The number of hydrogen-bond acceptors (Lipinski definition) is 8. The van der Waals surface area contributed by atoms with Crippen LogP contribution in [0.25, 0.3) is 11.0 Å². The molecule has 4 heterocycles. The Morgan fingerprint density at radius 1 is 0.763 bits per heavy atom. The Morgan fingerprint density at radius 2 is 1.47 bits per heavy atom. The highest BCUT2D eigenvalue weighted by atomic mass is 16.6. The minimum absolute atomic E-state index is 0.0734. The van der Waals surface area contributed by atoms with E-state index >= 15 is 0 Å². The number of fused-ring (bicyclic) bond motifs is 15. The highest BCUT2D eigenvalue weighted by Gasteiger charge is 2.51. The second-order valence-corrected chi connectivity index (χ2v) is 18.2. The lowest BCUT2D eigenvalue weighted by Crippen LogP contribution is -2.52. The van der Waals surface area contributed by atoms with Crippen LogP contribution in [-0.4, -0.2) is 28.8 Å². The third kappa shape index (κ3) is 8.25. The predicted octanol–water partition coefficient (Wildman–Crippen LogP) is 9.93. The van der Waals surface area contributed by atoms with Crippen molar-refractivity contribution in [2.45, 2.75) is 122 Å². The van der Waals surface area contributed by atoms with Gasteiger partial charge in [0.1, 0.15) is 16.9 Å². The molecule has 9 rings (SSSR count). The van der Waals surface area contributed by atoms with Crippen LogP contribution in [-0.2, 0) is 50.2 Å². The van der Waals surface area contributed by atoms with Crippen molar-refractivity contribution < 1.29 is 33.3 Å². The number of carbonyl (C=O) groups is 2. The van der Waals surface area contributed by atoms with Gasteiger partial charge in [0.15, 0.2) is 12.2 Å². The second kappa shape index (κ2) is 15.9. The lowest BCUT2D eigenvalue weighted by molar-refractivity contribution is -0.188. The summed E-state index contributed by atoms with van der Waals surface area (Å²) < 4.78 is 25.7. The number of allylic oxidation sites excluding steroid dienone is 1. The molecule has 306 valence electrons. The minimum atomic E-state index is -1.18. The average molecular weight is 795 g/mol. The van der Waals surface area contributed by atoms with Gasteiger partial charge in [-0.05, 0) is 119 Å². The Hall–Kier alpha value is -5.47. The van der Waals surface area contributed by atoms with E-state index in [4.69, 9.17) is 18.6 Å². The molecule has 4 atom stereocenters. The zero-order valence-corrected chi connectivity index (χ0v) is 34.9. The first-order valence-electron chi connectivity index (χ1n) is 20.9. The maximum Gasteiger partial charge on any atom is 0.340 e. The van der Waals surface area contributed by atoms with E-state index in [9.17, 15) is 19.5 Å². The summed E-state index contributed by atoms with van der Waals surface area (Å²) in [6.07, 6.45) is 1.41.